The number of hydrogen-bond acceptors (Lipinski definition) is 2. The Bertz CT molecular complexity index is 569. The van der Waals surface area contributed by atoms with Gasteiger partial charge < -0.3 is 5.32 Å². The lowest BCUT2D eigenvalue weighted by Gasteiger charge is -2.35. The lowest BCUT2D eigenvalue weighted by atomic mass is 9.76. The van der Waals surface area contributed by atoms with Crippen LogP contribution in [-0.4, -0.2) is 11.4 Å². The number of carbonyl (C=O) groups excluding carboxylic acids is 1. The van der Waals surface area contributed by atoms with Gasteiger partial charge in [-0.25, -0.2) is 4.39 Å². The van der Waals surface area contributed by atoms with Crippen LogP contribution in [0.2, 0.25) is 0 Å². The lowest BCUT2D eigenvalue weighted by Crippen LogP contribution is -2.49. The average molecular weight is 288 g/mol. The number of nitrogens with one attached hydrogen (secondary N) is 1. The van der Waals surface area contributed by atoms with E-state index in [-0.39, 0.29) is 11.7 Å². The Morgan fingerprint density at radius 3 is 2.67 bits per heavy atom. The van der Waals surface area contributed by atoms with Gasteiger partial charge in [-0.1, -0.05) is 13.3 Å². The van der Waals surface area contributed by atoms with E-state index < -0.39 is 5.54 Å². The first-order chi connectivity index (χ1) is 9.99. The molecule has 0 saturated heterocycles. The predicted molar refractivity (Wildman–Crippen MR) is 79.2 cm³/mol. The molecule has 21 heavy (non-hydrogen) atoms. The molecule has 0 unspecified atom stereocenters. The third-order valence-corrected chi connectivity index (χ3v) is 4.54. The van der Waals surface area contributed by atoms with Crippen molar-refractivity contribution >= 4 is 5.91 Å². The maximum Gasteiger partial charge on any atom is 0.252 e. The molecule has 2 rings (SSSR count). The van der Waals surface area contributed by atoms with Crippen LogP contribution in [0.15, 0.2) is 18.2 Å². The van der Waals surface area contributed by atoms with Crippen molar-refractivity contribution in [3.05, 3.63) is 35.1 Å². The first-order valence-electron chi connectivity index (χ1n) is 7.49. The van der Waals surface area contributed by atoms with Gasteiger partial charge in [0.25, 0.3) is 5.91 Å². The van der Waals surface area contributed by atoms with Gasteiger partial charge in [0.1, 0.15) is 11.4 Å². The van der Waals surface area contributed by atoms with Crippen LogP contribution in [0.1, 0.15) is 54.9 Å². The normalized spacial score (nSPS) is 25.1. The van der Waals surface area contributed by atoms with Crippen LogP contribution in [0.25, 0.3) is 0 Å². The quantitative estimate of drug-likeness (QED) is 0.921. The molecule has 1 N–H and O–H groups in total. The molecule has 0 aromatic heterocycles. The van der Waals surface area contributed by atoms with Gasteiger partial charge in [0.15, 0.2) is 0 Å². The second-order valence-electron chi connectivity index (χ2n) is 5.96. The summed E-state index contributed by atoms with van der Waals surface area (Å²) in [4.78, 5) is 12.4. The summed E-state index contributed by atoms with van der Waals surface area (Å²) in [6.07, 6.45) is 4.42. The Hall–Kier alpha value is -1.89. The van der Waals surface area contributed by atoms with E-state index >= 15 is 0 Å². The molecule has 0 spiro atoms. The minimum atomic E-state index is -0.774. The monoisotopic (exact) mass is 288 g/mol. The molecule has 1 saturated carbocycles. The summed E-state index contributed by atoms with van der Waals surface area (Å²) in [7, 11) is 0. The molecule has 1 aliphatic rings. The maximum atomic E-state index is 13.1. The lowest BCUT2D eigenvalue weighted by molar-refractivity contribution is 0.0890. The van der Waals surface area contributed by atoms with Crippen LogP contribution in [0.4, 0.5) is 4.39 Å². The molecule has 4 heteroatoms. The van der Waals surface area contributed by atoms with Gasteiger partial charge in [0.2, 0.25) is 0 Å². The van der Waals surface area contributed by atoms with Crippen molar-refractivity contribution in [1.82, 2.24) is 5.32 Å². The molecular weight excluding hydrogens is 267 g/mol. The zero-order chi connectivity index (χ0) is 15.5. The number of benzene rings is 1. The molecular formula is C17H21FN2O. The maximum absolute atomic E-state index is 13.1. The summed E-state index contributed by atoms with van der Waals surface area (Å²) in [5.74, 6) is 0.00225. The highest BCUT2D eigenvalue weighted by Gasteiger charge is 2.36. The van der Waals surface area contributed by atoms with Gasteiger partial charge in [0, 0.05) is 5.56 Å². The van der Waals surface area contributed by atoms with Crippen LogP contribution >= 0.6 is 0 Å². The molecule has 0 heterocycles. The number of hydrogen-bond donors (Lipinski definition) is 1. The zero-order valence-electron chi connectivity index (χ0n) is 12.6. The van der Waals surface area contributed by atoms with Crippen molar-refractivity contribution in [2.75, 3.05) is 0 Å². The molecule has 3 nitrogen and oxygen atoms in total. The molecule has 112 valence electrons. The summed E-state index contributed by atoms with van der Waals surface area (Å²) in [6, 6.07) is 6.37. The Balaban J connectivity index is 2.12. The summed E-state index contributed by atoms with van der Waals surface area (Å²) < 4.78 is 13.1. The van der Waals surface area contributed by atoms with E-state index in [1.54, 1.807) is 6.92 Å². The molecule has 0 bridgehead atoms. The third-order valence-electron chi connectivity index (χ3n) is 4.54. The molecule has 0 radical (unpaired) electrons. The summed E-state index contributed by atoms with van der Waals surface area (Å²) >= 11 is 0. The van der Waals surface area contributed by atoms with Crippen LogP contribution < -0.4 is 5.32 Å². The largest absolute Gasteiger partial charge is 0.334 e. The number of carbonyl (C=O) groups is 1. The number of nitrogens with zero attached hydrogens (tertiary/aromatic N) is 1. The minimum absolute atomic E-state index is 0.288. The fourth-order valence-corrected chi connectivity index (χ4v) is 3.01. The number of amides is 1. The number of rotatable bonds is 3. The molecule has 0 atom stereocenters. The molecule has 1 amide bonds. The van der Waals surface area contributed by atoms with E-state index in [4.69, 9.17) is 0 Å². The Morgan fingerprint density at radius 2 is 2.14 bits per heavy atom. The van der Waals surface area contributed by atoms with Gasteiger partial charge in [-0.05, 0) is 62.3 Å². The van der Waals surface area contributed by atoms with Crippen molar-refractivity contribution in [3.63, 3.8) is 0 Å². The van der Waals surface area contributed by atoms with Gasteiger partial charge in [-0.15, -0.1) is 0 Å². The fraction of sp³-hybridized carbons (Fsp3) is 0.529. The van der Waals surface area contributed by atoms with E-state index in [1.165, 1.54) is 18.2 Å². The minimum Gasteiger partial charge on any atom is -0.334 e. The molecule has 1 aromatic carbocycles. The molecule has 1 fully saturated rings. The van der Waals surface area contributed by atoms with Crippen LogP contribution in [0.3, 0.4) is 0 Å². The first-order valence-corrected chi connectivity index (χ1v) is 7.49. The molecule has 1 aliphatic carbocycles. The standard InChI is InChI=1S/C17H21FN2O/c1-3-13-6-8-17(11-19,9-7-13)20-16(21)15-5-4-14(18)10-12(15)2/h4-5,10,13H,3,6-9H2,1-2H3,(H,20,21). The Labute approximate surface area is 125 Å². The molecule has 1 aromatic rings. The Morgan fingerprint density at radius 1 is 1.48 bits per heavy atom. The topological polar surface area (TPSA) is 52.9 Å². The average Bonchev–Trinajstić information content (AvgIpc) is 2.47. The predicted octanol–water partition coefficient (Wildman–Crippen LogP) is 3.73. The second-order valence-corrected chi connectivity index (χ2v) is 5.96. The highest BCUT2D eigenvalue weighted by Crippen LogP contribution is 2.33. The molecule has 0 aliphatic heterocycles. The van der Waals surface area contributed by atoms with E-state index in [0.717, 1.165) is 19.3 Å². The number of nitriles is 1. The smallest absolute Gasteiger partial charge is 0.252 e. The van der Waals surface area contributed by atoms with Gasteiger partial charge in [-0.2, -0.15) is 5.26 Å². The highest BCUT2D eigenvalue weighted by atomic mass is 19.1. The number of halogens is 1. The van der Waals surface area contributed by atoms with E-state index in [1.807, 2.05) is 0 Å². The van der Waals surface area contributed by atoms with Crippen LogP contribution in [0, 0.1) is 30.0 Å². The van der Waals surface area contributed by atoms with Gasteiger partial charge in [-0.3, -0.25) is 4.79 Å². The first kappa shape index (κ1) is 15.5. The van der Waals surface area contributed by atoms with E-state index in [0.29, 0.717) is 29.9 Å². The SMILES string of the molecule is CCC1CCC(C#N)(NC(=O)c2ccc(F)cc2C)CC1. The van der Waals surface area contributed by atoms with Crippen molar-refractivity contribution in [2.45, 2.75) is 51.5 Å². The van der Waals surface area contributed by atoms with Crippen molar-refractivity contribution in [1.29, 1.82) is 5.26 Å². The van der Waals surface area contributed by atoms with Crippen molar-refractivity contribution < 1.29 is 9.18 Å². The number of aryl methyl sites for hydroxylation is 1. The van der Waals surface area contributed by atoms with Gasteiger partial charge >= 0.3 is 0 Å². The van der Waals surface area contributed by atoms with Crippen LogP contribution in [-0.2, 0) is 0 Å². The zero-order valence-corrected chi connectivity index (χ0v) is 12.6. The van der Waals surface area contributed by atoms with E-state index in [2.05, 4.69) is 18.3 Å². The second kappa shape index (κ2) is 6.26. The summed E-state index contributed by atoms with van der Waals surface area (Å²) in [6.45, 7) is 3.86. The van der Waals surface area contributed by atoms with Crippen LogP contribution in [0.5, 0.6) is 0 Å². The van der Waals surface area contributed by atoms with E-state index in [9.17, 15) is 14.4 Å². The van der Waals surface area contributed by atoms with Gasteiger partial charge in [0.05, 0.1) is 6.07 Å². The highest BCUT2D eigenvalue weighted by molar-refractivity contribution is 5.96. The third kappa shape index (κ3) is 3.41. The summed E-state index contributed by atoms with van der Waals surface area (Å²) in [5, 5.41) is 12.4. The van der Waals surface area contributed by atoms with Crippen molar-refractivity contribution in [3.8, 4) is 6.07 Å². The fourth-order valence-electron chi connectivity index (χ4n) is 3.01. The summed E-state index contributed by atoms with van der Waals surface area (Å²) in [5.41, 5.74) is 0.246. The Kier molecular flexibility index (Phi) is 4.62. The van der Waals surface area contributed by atoms with Crippen molar-refractivity contribution in [2.24, 2.45) is 5.92 Å².